The molecule has 0 bridgehead atoms. The van der Waals surface area contributed by atoms with Gasteiger partial charge in [-0.05, 0) is 31.0 Å². The van der Waals surface area contributed by atoms with Gasteiger partial charge < -0.3 is 14.4 Å². The Morgan fingerprint density at radius 3 is 2.38 bits per heavy atom. The van der Waals surface area contributed by atoms with Gasteiger partial charge in [0.15, 0.2) is 0 Å². The molecule has 29 heavy (non-hydrogen) atoms. The van der Waals surface area contributed by atoms with Crippen molar-refractivity contribution < 1.29 is 9.59 Å². The number of rotatable bonds is 3. The van der Waals surface area contributed by atoms with Gasteiger partial charge in [0.1, 0.15) is 0 Å². The standard InChI is InChI=1S/C22H26N4O3/c1-23-11-9-17(16-20(23)27)21(28)25-14-12-24(13-15-25)19-8-5-10-26(22(19)29)18-6-3-2-4-7-18/h2-4,6-7,9,11,16,19H,5,8,10,12-15H2,1H3/t19-/m0/s1. The molecule has 1 aromatic heterocycles. The average Bonchev–Trinajstić information content (AvgIpc) is 2.76. The van der Waals surface area contributed by atoms with Crippen molar-refractivity contribution in [2.75, 3.05) is 37.6 Å². The summed E-state index contributed by atoms with van der Waals surface area (Å²) in [5, 5.41) is 0. The second-order valence-corrected chi connectivity index (χ2v) is 7.68. The van der Waals surface area contributed by atoms with Gasteiger partial charge in [-0.3, -0.25) is 19.3 Å². The van der Waals surface area contributed by atoms with E-state index in [1.807, 2.05) is 35.2 Å². The summed E-state index contributed by atoms with van der Waals surface area (Å²) in [5.74, 6) is 0.0250. The Kier molecular flexibility index (Phi) is 5.49. The van der Waals surface area contributed by atoms with Crippen LogP contribution >= 0.6 is 0 Å². The van der Waals surface area contributed by atoms with E-state index < -0.39 is 0 Å². The number of carbonyl (C=O) groups is 2. The van der Waals surface area contributed by atoms with Crippen LogP contribution in [0.4, 0.5) is 5.69 Å². The first kappa shape index (κ1) is 19.4. The Bertz CT molecular complexity index is 948. The molecule has 0 saturated carbocycles. The fraction of sp³-hybridized carbons (Fsp3) is 0.409. The molecular formula is C22H26N4O3. The van der Waals surface area contributed by atoms with Crippen LogP contribution in [0.1, 0.15) is 23.2 Å². The largest absolute Gasteiger partial charge is 0.336 e. The van der Waals surface area contributed by atoms with E-state index in [2.05, 4.69) is 4.90 Å². The molecule has 7 nitrogen and oxygen atoms in total. The maximum atomic E-state index is 13.1. The number of para-hydroxylation sites is 1. The molecule has 0 spiro atoms. The van der Waals surface area contributed by atoms with Crippen molar-refractivity contribution >= 4 is 17.5 Å². The van der Waals surface area contributed by atoms with E-state index in [0.717, 1.165) is 25.1 Å². The molecular weight excluding hydrogens is 368 g/mol. The highest BCUT2D eigenvalue weighted by Gasteiger charge is 2.36. The molecule has 1 aromatic carbocycles. The minimum atomic E-state index is -0.191. The predicted octanol–water partition coefficient (Wildman–Crippen LogP) is 1.34. The first-order valence-electron chi connectivity index (χ1n) is 10.1. The lowest BCUT2D eigenvalue weighted by Gasteiger charge is -2.42. The first-order chi connectivity index (χ1) is 14.0. The van der Waals surface area contributed by atoms with E-state index in [9.17, 15) is 14.4 Å². The van der Waals surface area contributed by atoms with Crippen molar-refractivity contribution in [1.82, 2.24) is 14.4 Å². The molecule has 4 rings (SSSR count). The minimum Gasteiger partial charge on any atom is -0.336 e. The highest BCUT2D eigenvalue weighted by atomic mass is 16.2. The van der Waals surface area contributed by atoms with E-state index >= 15 is 0 Å². The highest BCUT2D eigenvalue weighted by molar-refractivity contribution is 5.98. The highest BCUT2D eigenvalue weighted by Crippen LogP contribution is 2.24. The van der Waals surface area contributed by atoms with E-state index in [0.29, 0.717) is 31.7 Å². The Labute approximate surface area is 170 Å². The van der Waals surface area contributed by atoms with Gasteiger partial charge in [-0.1, -0.05) is 18.2 Å². The number of nitrogens with zero attached hydrogens (tertiary/aromatic N) is 4. The molecule has 1 atom stereocenters. The second-order valence-electron chi connectivity index (χ2n) is 7.68. The third-order valence-electron chi connectivity index (χ3n) is 5.87. The lowest BCUT2D eigenvalue weighted by molar-refractivity contribution is -0.126. The Morgan fingerprint density at radius 2 is 1.69 bits per heavy atom. The molecule has 152 valence electrons. The van der Waals surface area contributed by atoms with Crippen LogP contribution < -0.4 is 10.5 Å². The molecule has 2 aliphatic rings. The molecule has 2 amide bonds. The zero-order valence-electron chi connectivity index (χ0n) is 16.7. The molecule has 0 unspecified atom stereocenters. The number of aromatic nitrogens is 1. The van der Waals surface area contributed by atoms with Gasteiger partial charge in [0.2, 0.25) is 5.91 Å². The average molecular weight is 394 g/mol. The molecule has 2 saturated heterocycles. The summed E-state index contributed by atoms with van der Waals surface area (Å²) in [6, 6.07) is 12.7. The van der Waals surface area contributed by atoms with Crippen LogP contribution in [0.25, 0.3) is 0 Å². The first-order valence-corrected chi connectivity index (χ1v) is 10.1. The van der Waals surface area contributed by atoms with Crippen molar-refractivity contribution in [3.63, 3.8) is 0 Å². The number of benzene rings is 1. The van der Waals surface area contributed by atoms with Gasteiger partial charge in [-0.15, -0.1) is 0 Å². The molecule has 0 aliphatic carbocycles. The van der Waals surface area contributed by atoms with Crippen molar-refractivity contribution in [3.8, 4) is 0 Å². The summed E-state index contributed by atoms with van der Waals surface area (Å²) >= 11 is 0. The SMILES string of the molecule is Cn1ccc(C(=O)N2CCN([C@H]3CCCN(c4ccccc4)C3=O)CC2)cc1=O. The maximum absolute atomic E-state index is 13.1. The maximum Gasteiger partial charge on any atom is 0.254 e. The quantitative estimate of drug-likeness (QED) is 0.788. The topological polar surface area (TPSA) is 65.9 Å². The van der Waals surface area contributed by atoms with Gasteiger partial charge in [0.05, 0.1) is 6.04 Å². The van der Waals surface area contributed by atoms with Gasteiger partial charge in [0, 0.05) is 63.3 Å². The van der Waals surface area contributed by atoms with E-state index in [4.69, 9.17) is 0 Å². The molecule has 0 radical (unpaired) electrons. The molecule has 2 aromatic rings. The third-order valence-corrected chi connectivity index (χ3v) is 5.87. The molecule has 2 fully saturated rings. The van der Waals surface area contributed by atoms with Crippen LogP contribution in [0, 0.1) is 0 Å². The van der Waals surface area contributed by atoms with Crippen LogP contribution in [-0.4, -0.2) is 64.9 Å². The van der Waals surface area contributed by atoms with E-state index in [-0.39, 0.29) is 23.4 Å². The number of anilines is 1. The number of piperazine rings is 1. The van der Waals surface area contributed by atoms with Crippen LogP contribution in [-0.2, 0) is 11.8 Å². The Morgan fingerprint density at radius 1 is 0.966 bits per heavy atom. The number of hydrogen-bond donors (Lipinski definition) is 0. The van der Waals surface area contributed by atoms with E-state index in [1.165, 1.54) is 10.6 Å². The van der Waals surface area contributed by atoms with Crippen LogP contribution in [0.5, 0.6) is 0 Å². The third kappa shape index (κ3) is 3.96. The smallest absolute Gasteiger partial charge is 0.254 e. The normalized spacial score (nSPS) is 20.7. The fourth-order valence-corrected chi connectivity index (χ4v) is 4.16. The summed E-state index contributed by atoms with van der Waals surface area (Å²) in [5.41, 5.74) is 1.18. The fourth-order valence-electron chi connectivity index (χ4n) is 4.16. The lowest BCUT2D eigenvalue weighted by atomic mass is 10.0. The van der Waals surface area contributed by atoms with Crippen LogP contribution in [0.2, 0.25) is 0 Å². The Balaban J connectivity index is 1.40. The van der Waals surface area contributed by atoms with Gasteiger partial charge in [-0.25, -0.2) is 0 Å². The molecule has 2 aliphatic heterocycles. The van der Waals surface area contributed by atoms with Gasteiger partial charge in [0.25, 0.3) is 11.5 Å². The number of amides is 2. The molecule has 7 heteroatoms. The summed E-state index contributed by atoms with van der Waals surface area (Å²) < 4.78 is 1.45. The monoisotopic (exact) mass is 394 g/mol. The van der Waals surface area contributed by atoms with Crippen LogP contribution in [0.15, 0.2) is 53.5 Å². The Hall–Kier alpha value is -2.93. The number of aryl methyl sites for hydroxylation is 1. The lowest BCUT2D eigenvalue weighted by Crippen LogP contribution is -2.58. The number of piperidine rings is 1. The minimum absolute atomic E-state index is 0.122. The van der Waals surface area contributed by atoms with Crippen LogP contribution in [0.3, 0.4) is 0 Å². The van der Waals surface area contributed by atoms with Crippen molar-refractivity contribution in [2.45, 2.75) is 18.9 Å². The summed E-state index contributed by atoms with van der Waals surface area (Å²) in [7, 11) is 1.66. The predicted molar refractivity (Wildman–Crippen MR) is 111 cm³/mol. The van der Waals surface area contributed by atoms with Crippen molar-refractivity contribution in [1.29, 1.82) is 0 Å². The summed E-state index contributed by atoms with van der Waals surface area (Å²) in [6.07, 6.45) is 3.44. The van der Waals surface area contributed by atoms with Gasteiger partial charge >= 0.3 is 0 Å². The molecule has 3 heterocycles. The number of carbonyl (C=O) groups excluding carboxylic acids is 2. The summed E-state index contributed by atoms with van der Waals surface area (Å²) in [4.78, 5) is 43.5. The second kappa shape index (κ2) is 8.21. The van der Waals surface area contributed by atoms with E-state index in [1.54, 1.807) is 24.2 Å². The number of hydrogen-bond acceptors (Lipinski definition) is 4. The van der Waals surface area contributed by atoms with Crippen molar-refractivity contribution in [3.05, 3.63) is 64.6 Å². The van der Waals surface area contributed by atoms with Crippen molar-refractivity contribution in [2.24, 2.45) is 7.05 Å². The zero-order chi connectivity index (χ0) is 20.4. The van der Waals surface area contributed by atoms with Gasteiger partial charge in [-0.2, -0.15) is 0 Å². The summed E-state index contributed by atoms with van der Waals surface area (Å²) in [6.45, 7) is 3.19. The number of pyridine rings is 1. The molecule has 0 N–H and O–H groups in total. The zero-order valence-corrected chi connectivity index (χ0v) is 16.7.